The zero-order valence-electron chi connectivity index (χ0n) is 17.5. The number of carbonyl (C=O) groups is 2. The lowest BCUT2D eigenvalue weighted by molar-refractivity contribution is -0.137. The van der Waals surface area contributed by atoms with Crippen LogP contribution in [0.3, 0.4) is 0 Å². The normalized spacial score (nSPS) is 11.7. The molecule has 0 aliphatic carbocycles. The molecule has 4 aromatic rings. The maximum Gasteiger partial charge on any atom is 0.305 e. The molecule has 0 radical (unpaired) electrons. The lowest BCUT2D eigenvalue weighted by Gasteiger charge is -2.17. The number of carboxylic acid groups (broad SMARTS) is 1. The Morgan fingerprint density at radius 2 is 1.79 bits per heavy atom. The molecule has 1 atom stereocenters. The smallest absolute Gasteiger partial charge is 0.305 e. The zero-order valence-corrected chi connectivity index (χ0v) is 17.5. The van der Waals surface area contributed by atoms with Crippen LogP contribution in [0.5, 0.6) is 5.88 Å². The predicted octanol–water partition coefficient (Wildman–Crippen LogP) is 3.86. The number of carboxylic acids is 1. The number of pyridine rings is 1. The minimum Gasteiger partial charge on any atom is -0.493 e. The third-order valence-corrected chi connectivity index (χ3v) is 5.02. The van der Waals surface area contributed by atoms with Gasteiger partial charge < -0.3 is 15.5 Å². The van der Waals surface area contributed by atoms with Gasteiger partial charge in [-0.15, -0.1) is 0 Å². The molecule has 1 amide bonds. The van der Waals surface area contributed by atoms with Crippen LogP contribution < -0.4 is 5.32 Å². The Morgan fingerprint density at radius 1 is 1.03 bits per heavy atom. The van der Waals surface area contributed by atoms with Crippen LogP contribution in [0.2, 0.25) is 0 Å². The molecule has 0 spiro atoms. The number of hydrogen-bond donors (Lipinski definition) is 3. The summed E-state index contributed by atoms with van der Waals surface area (Å²) in [6, 6.07) is 15.1. The molecule has 0 bridgehead atoms. The number of halogens is 2. The molecular weight excluding hydrogens is 446 g/mol. The Balaban J connectivity index is 1.57. The van der Waals surface area contributed by atoms with Gasteiger partial charge >= 0.3 is 5.97 Å². The second-order valence-electron chi connectivity index (χ2n) is 7.36. The number of benzene rings is 2. The van der Waals surface area contributed by atoms with Gasteiger partial charge in [0.1, 0.15) is 11.5 Å². The fourth-order valence-corrected chi connectivity index (χ4v) is 3.39. The number of aromatic nitrogens is 3. The lowest BCUT2D eigenvalue weighted by Crippen LogP contribution is -2.30. The Morgan fingerprint density at radius 3 is 2.44 bits per heavy atom. The molecule has 2 aromatic carbocycles. The molecule has 0 saturated heterocycles. The molecule has 2 heterocycles. The first-order valence-electron chi connectivity index (χ1n) is 10.1. The van der Waals surface area contributed by atoms with Crippen LogP contribution in [0.15, 0.2) is 72.9 Å². The van der Waals surface area contributed by atoms with Gasteiger partial charge in [0, 0.05) is 23.9 Å². The molecule has 0 aliphatic heterocycles. The molecule has 8 nitrogen and oxygen atoms in total. The van der Waals surface area contributed by atoms with Crippen molar-refractivity contribution >= 4 is 11.9 Å². The number of hydrogen-bond acceptors (Lipinski definition) is 5. The third-order valence-electron chi connectivity index (χ3n) is 5.02. The monoisotopic (exact) mass is 464 g/mol. The van der Waals surface area contributed by atoms with Crippen molar-refractivity contribution in [2.45, 2.75) is 12.5 Å². The van der Waals surface area contributed by atoms with E-state index < -0.39 is 41.9 Å². The van der Waals surface area contributed by atoms with Gasteiger partial charge in [-0.1, -0.05) is 30.3 Å². The Labute approximate surface area is 192 Å². The average Bonchev–Trinajstić information content (AvgIpc) is 3.20. The number of amides is 1. The molecule has 1 unspecified atom stereocenters. The highest BCUT2D eigenvalue weighted by molar-refractivity contribution is 5.93. The molecule has 34 heavy (non-hydrogen) atoms. The minimum atomic E-state index is -1.14. The maximum absolute atomic E-state index is 14.1. The highest BCUT2D eigenvalue weighted by Crippen LogP contribution is 2.24. The summed E-state index contributed by atoms with van der Waals surface area (Å²) < 4.78 is 28.0. The van der Waals surface area contributed by atoms with E-state index in [0.717, 1.165) is 34.1 Å². The van der Waals surface area contributed by atoms with Crippen molar-refractivity contribution < 1.29 is 28.6 Å². The van der Waals surface area contributed by atoms with Crippen LogP contribution in [0.25, 0.3) is 16.9 Å². The van der Waals surface area contributed by atoms with Crippen molar-refractivity contribution in [1.82, 2.24) is 20.1 Å². The van der Waals surface area contributed by atoms with Gasteiger partial charge in [0.25, 0.3) is 5.91 Å². The van der Waals surface area contributed by atoms with Crippen LogP contribution in [0, 0.1) is 11.6 Å². The average molecular weight is 464 g/mol. The van der Waals surface area contributed by atoms with Crippen LogP contribution in [-0.4, -0.2) is 36.9 Å². The number of nitrogens with zero attached hydrogens (tertiary/aromatic N) is 3. The van der Waals surface area contributed by atoms with E-state index in [9.17, 15) is 28.6 Å². The topological polar surface area (TPSA) is 117 Å². The summed E-state index contributed by atoms with van der Waals surface area (Å²) in [5.74, 6) is -4.26. The molecule has 172 valence electrons. The number of aliphatic carboxylic acids is 1. The first-order chi connectivity index (χ1) is 16.3. The van der Waals surface area contributed by atoms with Gasteiger partial charge in [-0.3, -0.25) is 14.6 Å². The summed E-state index contributed by atoms with van der Waals surface area (Å²) in [6.07, 6.45) is 1.25. The van der Waals surface area contributed by atoms with E-state index >= 15 is 0 Å². The van der Waals surface area contributed by atoms with E-state index in [-0.39, 0.29) is 11.4 Å². The van der Waals surface area contributed by atoms with Gasteiger partial charge in [0.15, 0.2) is 11.5 Å². The van der Waals surface area contributed by atoms with Crippen molar-refractivity contribution in [3.8, 4) is 22.8 Å². The number of rotatable bonds is 7. The molecule has 10 heteroatoms. The number of aromatic hydroxyl groups is 1. The summed E-state index contributed by atoms with van der Waals surface area (Å²) in [6.45, 7) is 0. The first-order valence-corrected chi connectivity index (χ1v) is 10.1. The Hall–Kier alpha value is -4.60. The third kappa shape index (κ3) is 4.90. The summed E-state index contributed by atoms with van der Waals surface area (Å²) in [5.41, 5.74) is 1.55. The molecule has 0 saturated carbocycles. The van der Waals surface area contributed by atoms with Gasteiger partial charge in [-0.2, -0.15) is 9.78 Å². The van der Waals surface area contributed by atoms with E-state index in [1.165, 1.54) is 0 Å². The SMILES string of the molecule is O=C(O)CC(NC(=O)c1cc(O)n(-c2ccc(F)cc2F)n1)c1ccc(-c2ccccn2)cc1. The quantitative estimate of drug-likeness (QED) is 0.382. The first kappa shape index (κ1) is 22.6. The fourth-order valence-electron chi connectivity index (χ4n) is 3.39. The van der Waals surface area contributed by atoms with Crippen LogP contribution in [-0.2, 0) is 4.79 Å². The van der Waals surface area contributed by atoms with E-state index in [0.29, 0.717) is 11.6 Å². The van der Waals surface area contributed by atoms with Crippen molar-refractivity contribution in [3.63, 3.8) is 0 Å². The van der Waals surface area contributed by atoms with Crippen LogP contribution in [0.4, 0.5) is 8.78 Å². The zero-order chi connectivity index (χ0) is 24.2. The van der Waals surface area contributed by atoms with Crippen molar-refractivity contribution in [2.75, 3.05) is 0 Å². The highest BCUT2D eigenvalue weighted by atomic mass is 19.1. The number of carbonyl (C=O) groups excluding carboxylic acids is 1. The molecule has 4 rings (SSSR count). The Bertz CT molecular complexity index is 1340. The van der Waals surface area contributed by atoms with E-state index in [2.05, 4.69) is 15.4 Å². The minimum absolute atomic E-state index is 0.259. The predicted molar refractivity (Wildman–Crippen MR) is 117 cm³/mol. The largest absolute Gasteiger partial charge is 0.493 e. The number of nitrogens with one attached hydrogen (secondary N) is 1. The summed E-state index contributed by atoms with van der Waals surface area (Å²) in [4.78, 5) is 28.4. The van der Waals surface area contributed by atoms with Crippen molar-refractivity contribution in [1.29, 1.82) is 0 Å². The Kier molecular flexibility index (Phi) is 6.30. The van der Waals surface area contributed by atoms with Gasteiger partial charge in [0.05, 0.1) is 18.2 Å². The van der Waals surface area contributed by atoms with E-state index in [1.54, 1.807) is 36.5 Å². The second-order valence-corrected chi connectivity index (χ2v) is 7.36. The van der Waals surface area contributed by atoms with Gasteiger partial charge in [-0.05, 0) is 29.8 Å². The van der Waals surface area contributed by atoms with Crippen molar-refractivity contribution in [3.05, 3.63) is 95.8 Å². The van der Waals surface area contributed by atoms with Gasteiger partial charge in [-0.25, -0.2) is 8.78 Å². The summed E-state index contributed by atoms with van der Waals surface area (Å²) in [5, 5.41) is 25.9. The molecule has 3 N–H and O–H groups in total. The molecular formula is C24H18F2N4O4. The highest BCUT2D eigenvalue weighted by Gasteiger charge is 2.23. The van der Waals surface area contributed by atoms with Crippen molar-refractivity contribution in [2.24, 2.45) is 0 Å². The van der Waals surface area contributed by atoms with E-state index in [1.807, 2.05) is 12.1 Å². The second kappa shape index (κ2) is 9.49. The molecule has 2 aromatic heterocycles. The molecule has 0 fully saturated rings. The summed E-state index contributed by atoms with van der Waals surface area (Å²) >= 11 is 0. The summed E-state index contributed by atoms with van der Waals surface area (Å²) in [7, 11) is 0. The standard InChI is InChI=1S/C24H18F2N4O4/c25-16-8-9-21(17(26)11-16)30-22(31)12-20(29-30)24(34)28-19(13-23(32)33)15-6-4-14(5-7-15)18-3-1-2-10-27-18/h1-12,19,31H,13H2,(H,28,34)(H,32,33). The van der Waals surface area contributed by atoms with Gasteiger partial charge in [0.2, 0.25) is 5.88 Å². The maximum atomic E-state index is 14.1. The van der Waals surface area contributed by atoms with Crippen LogP contribution in [0.1, 0.15) is 28.5 Å². The van der Waals surface area contributed by atoms with E-state index in [4.69, 9.17) is 0 Å². The lowest BCUT2D eigenvalue weighted by atomic mass is 10.0. The fraction of sp³-hybridized carbons (Fsp3) is 0.0833. The van der Waals surface area contributed by atoms with Crippen LogP contribution >= 0.6 is 0 Å². The molecule has 0 aliphatic rings.